The van der Waals surface area contributed by atoms with E-state index in [1.54, 1.807) is 14.2 Å². The third kappa shape index (κ3) is 5.04. The maximum Gasteiger partial charge on any atom is 0.330 e. The van der Waals surface area contributed by atoms with E-state index in [0.29, 0.717) is 11.5 Å². The van der Waals surface area contributed by atoms with Crippen LogP contribution >= 0.6 is 0 Å². The van der Waals surface area contributed by atoms with Crippen molar-refractivity contribution in [2.24, 2.45) is 0 Å². The molecule has 0 radical (unpaired) electrons. The van der Waals surface area contributed by atoms with E-state index < -0.39 is 41.5 Å². The van der Waals surface area contributed by atoms with Crippen LogP contribution in [0.15, 0.2) is 101 Å². The van der Waals surface area contributed by atoms with Gasteiger partial charge in [-0.2, -0.15) is 0 Å². The number of methoxy groups -OCH3 is 2. The van der Waals surface area contributed by atoms with Gasteiger partial charge in [0.1, 0.15) is 29.3 Å². The quantitative estimate of drug-likeness (QED) is 0.309. The summed E-state index contributed by atoms with van der Waals surface area (Å²) in [5.41, 5.74) is -0.389. The molecule has 4 aromatic rings. The number of alkyl halides is 1. The Morgan fingerprint density at radius 2 is 1.43 bits per heavy atom. The highest BCUT2D eigenvalue weighted by atomic mass is 19.1. The van der Waals surface area contributed by atoms with Crippen LogP contribution in [-0.2, 0) is 15.1 Å². The van der Waals surface area contributed by atoms with E-state index in [4.69, 9.17) is 18.9 Å². The lowest BCUT2D eigenvalue weighted by Gasteiger charge is -2.37. The summed E-state index contributed by atoms with van der Waals surface area (Å²) in [5, 5.41) is 10.8. The van der Waals surface area contributed by atoms with Gasteiger partial charge in [-0.3, -0.25) is 14.3 Å². The summed E-state index contributed by atoms with van der Waals surface area (Å²) < 4.78 is 39.4. The molecule has 1 aromatic heterocycles. The van der Waals surface area contributed by atoms with E-state index in [2.05, 4.69) is 4.98 Å². The number of nitrogens with one attached hydrogen (secondary N) is 1. The van der Waals surface area contributed by atoms with E-state index in [1.165, 1.54) is 0 Å². The van der Waals surface area contributed by atoms with Crippen LogP contribution in [0, 0.1) is 0 Å². The number of ether oxygens (including phenoxy) is 4. The number of aromatic nitrogens is 2. The number of aliphatic hydroxyl groups is 1. The summed E-state index contributed by atoms with van der Waals surface area (Å²) in [4.78, 5) is 25.8. The number of benzene rings is 3. The van der Waals surface area contributed by atoms with Crippen LogP contribution in [0.5, 0.6) is 11.5 Å². The number of rotatable bonds is 9. The Morgan fingerprint density at radius 1 is 0.875 bits per heavy atom. The largest absolute Gasteiger partial charge is 0.497 e. The molecule has 0 unspecified atom stereocenters. The van der Waals surface area contributed by atoms with Gasteiger partial charge in [0.25, 0.3) is 5.56 Å². The minimum absolute atomic E-state index is 0.233. The third-order valence-corrected chi connectivity index (χ3v) is 7.06. The van der Waals surface area contributed by atoms with E-state index >= 15 is 4.39 Å². The monoisotopic (exact) mass is 548 g/mol. The Hall–Kier alpha value is -4.25. The fourth-order valence-corrected chi connectivity index (χ4v) is 4.97. The van der Waals surface area contributed by atoms with Gasteiger partial charge in [-0.1, -0.05) is 54.6 Å². The van der Waals surface area contributed by atoms with Gasteiger partial charge in [0.2, 0.25) is 0 Å². The fourth-order valence-electron chi connectivity index (χ4n) is 4.97. The summed E-state index contributed by atoms with van der Waals surface area (Å²) in [7, 11) is 3.16. The smallest absolute Gasteiger partial charge is 0.330 e. The van der Waals surface area contributed by atoms with Gasteiger partial charge in [-0.05, 0) is 41.0 Å². The third-order valence-electron chi connectivity index (χ3n) is 7.06. The summed E-state index contributed by atoms with van der Waals surface area (Å²) in [6.07, 6.45) is -4.97. The molecule has 1 fully saturated rings. The minimum Gasteiger partial charge on any atom is -0.497 e. The van der Waals surface area contributed by atoms with E-state index in [0.717, 1.165) is 33.5 Å². The van der Waals surface area contributed by atoms with Crippen LogP contribution in [0.4, 0.5) is 4.39 Å². The van der Waals surface area contributed by atoms with Crippen LogP contribution in [0.2, 0.25) is 0 Å². The number of H-pyrrole nitrogens is 1. The van der Waals surface area contributed by atoms with Crippen LogP contribution in [-0.4, -0.2) is 53.9 Å². The molecule has 0 saturated carbocycles. The lowest BCUT2D eigenvalue weighted by Crippen LogP contribution is -2.39. The van der Waals surface area contributed by atoms with Gasteiger partial charge >= 0.3 is 5.69 Å². The molecule has 1 aliphatic rings. The summed E-state index contributed by atoms with van der Waals surface area (Å²) in [6, 6.07) is 25.4. The molecule has 40 heavy (non-hydrogen) atoms. The number of halogens is 1. The number of hydrogen-bond acceptors (Lipinski definition) is 7. The lowest BCUT2D eigenvalue weighted by molar-refractivity contribution is -0.0950. The molecule has 0 spiro atoms. The molecule has 2 heterocycles. The minimum atomic E-state index is -1.94. The highest BCUT2D eigenvalue weighted by Crippen LogP contribution is 2.43. The molecular formula is C30H29FN2O7. The Kier molecular flexibility index (Phi) is 7.83. The van der Waals surface area contributed by atoms with Crippen LogP contribution in [0.1, 0.15) is 22.9 Å². The molecule has 4 atom stereocenters. The summed E-state index contributed by atoms with van der Waals surface area (Å²) in [5.74, 6) is 1.31. The number of aliphatic hydroxyl groups excluding tert-OH is 1. The first kappa shape index (κ1) is 27.3. The van der Waals surface area contributed by atoms with Gasteiger partial charge in [0.15, 0.2) is 12.4 Å². The standard InChI is InChI=1S/C30H29FN2O7/c1-37-22-12-8-20(9-13-22)30(19-6-4-3-5-7-19,21-10-14-23(38-2)15-11-21)39-18-24-27(35)26(31)28(40-24)33-17-16-25(34)32-29(33)36/h3-17,24,26-28,35H,18H2,1-2H3,(H,32,34,36)/t24-,26+,27-,28-/m1/s1. The molecule has 5 rings (SSSR count). The average molecular weight is 549 g/mol. The molecule has 208 valence electrons. The SMILES string of the molecule is COc1ccc(C(OC[C@H]2O[C@@H](n3ccc(=O)[nH]c3=O)[C@@H](F)[C@@H]2O)(c2ccccc2)c2ccc(OC)cc2)cc1. The molecule has 10 heteroatoms. The van der Waals surface area contributed by atoms with E-state index in [9.17, 15) is 14.7 Å². The van der Waals surface area contributed by atoms with Crippen molar-refractivity contribution in [3.05, 3.63) is 129 Å². The number of hydrogen-bond donors (Lipinski definition) is 2. The maximum atomic E-state index is 15.2. The first-order chi connectivity index (χ1) is 19.4. The van der Waals surface area contributed by atoms with Gasteiger partial charge in [-0.15, -0.1) is 0 Å². The summed E-state index contributed by atoms with van der Waals surface area (Å²) >= 11 is 0. The Labute approximate surface area is 229 Å². The molecule has 9 nitrogen and oxygen atoms in total. The summed E-state index contributed by atoms with van der Waals surface area (Å²) in [6.45, 7) is -0.233. The number of nitrogens with zero attached hydrogens (tertiary/aromatic N) is 1. The zero-order valence-electron chi connectivity index (χ0n) is 21.9. The van der Waals surface area contributed by atoms with Crippen molar-refractivity contribution in [2.45, 2.75) is 30.2 Å². The molecule has 2 N–H and O–H groups in total. The van der Waals surface area contributed by atoms with Crippen molar-refractivity contribution in [3.63, 3.8) is 0 Å². The molecule has 0 aliphatic carbocycles. The molecule has 0 amide bonds. The van der Waals surface area contributed by atoms with Gasteiger partial charge in [0, 0.05) is 12.3 Å². The lowest BCUT2D eigenvalue weighted by atomic mass is 9.80. The van der Waals surface area contributed by atoms with Crippen molar-refractivity contribution >= 4 is 0 Å². The van der Waals surface area contributed by atoms with Gasteiger partial charge in [0.05, 0.1) is 20.8 Å². The number of aromatic amines is 1. The van der Waals surface area contributed by atoms with Crippen molar-refractivity contribution in [1.29, 1.82) is 0 Å². The highest BCUT2D eigenvalue weighted by Gasteiger charge is 2.47. The molecule has 0 bridgehead atoms. The van der Waals surface area contributed by atoms with Crippen LogP contribution in [0.25, 0.3) is 0 Å². The molecular weight excluding hydrogens is 519 g/mol. The second kappa shape index (κ2) is 11.5. The first-order valence-corrected chi connectivity index (χ1v) is 12.6. The Balaban J connectivity index is 1.56. The van der Waals surface area contributed by atoms with Crippen molar-refractivity contribution < 1.29 is 28.4 Å². The normalized spacial score (nSPS) is 20.8. The Morgan fingerprint density at radius 3 is 1.95 bits per heavy atom. The highest BCUT2D eigenvalue weighted by molar-refractivity contribution is 5.49. The second-order valence-electron chi connectivity index (χ2n) is 9.33. The predicted molar refractivity (Wildman–Crippen MR) is 144 cm³/mol. The predicted octanol–water partition coefficient (Wildman–Crippen LogP) is 3.16. The van der Waals surface area contributed by atoms with Crippen molar-refractivity contribution in [2.75, 3.05) is 20.8 Å². The maximum absolute atomic E-state index is 15.2. The Bertz CT molecular complexity index is 1490. The van der Waals surface area contributed by atoms with Crippen LogP contribution in [0.3, 0.4) is 0 Å². The topological polar surface area (TPSA) is 112 Å². The molecule has 3 aromatic carbocycles. The van der Waals surface area contributed by atoms with Crippen LogP contribution < -0.4 is 20.7 Å². The zero-order chi connectivity index (χ0) is 28.3. The second-order valence-corrected chi connectivity index (χ2v) is 9.33. The first-order valence-electron chi connectivity index (χ1n) is 12.6. The van der Waals surface area contributed by atoms with E-state index in [1.807, 2.05) is 78.9 Å². The van der Waals surface area contributed by atoms with Gasteiger partial charge < -0.3 is 24.1 Å². The molecule has 1 saturated heterocycles. The van der Waals surface area contributed by atoms with Crippen molar-refractivity contribution in [3.8, 4) is 11.5 Å². The average Bonchev–Trinajstić information content (AvgIpc) is 3.27. The van der Waals surface area contributed by atoms with E-state index in [-0.39, 0.29) is 6.61 Å². The zero-order valence-corrected chi connectivity index (χ0v) is 21.9. The van der Waals surface area contributed by atoms with Crippen molar-refractivity contribution in [1.82, 2.24) is 9.55 Å². The molecule has 1 aliphatic heterocycles. The van der Waals surface area contributed by atoms with Gasteiger partial charge in [-0.25, -0.2) is 9.18 Å². The fraction of sp³-hybridized carbons (Fsp3) is 0.267.